The normalized spacial score (nSPS) is 26.2. The number of esters is 1. The fourth-order valence-corrected chi connectivity index (χ4v) is 5.94. The van der Waals surface area contributed by atoms with Crippen LogP contribution in [-0.4, -0.2) is 56.0 Å². The summed E-state index contributed by atoms with van der Waals surface area (Å²) in [5.74, 6) is -0.0149. The predicted molar refractivity (Wildman–Crippen MR) is 95.7 cm³/mol. The molecule has 2 atom stereocenters. The SMILES string of the molecule is CCCCS(=O)(=O)C1CCCCC1OC(=O)CCN1CCCCC1. The predicted octanol–water partition coefficient (Wildman–Crippen LogP) is 2.93. The van der Waals surface area contributed by atoms with Crippen molar-refractivity contribution in [2.75, 3.05) is 25.4 Å². The number of carbonyl (C=O) groups is 1. The monoisotopic (exact) mass is 359 g/mol. The van der Waals surface area contributed by atoms with Crippen LogP contribution in [0.1, 0.15) is 71.1 Å². The average molecular weight is 360 g/mol. The highest BCUT2D eigenvalue weighted by atomic mass is 32.2. The molecule has 5 nitrogen and oxygen atoms in total. The second-order valence-electron chi connectivity index (χ2n) is 7.22. The van der Waals surface area contributed by atoms with E-state index in [-0.39, 0.29) is 11.7 Å². The van der Waals surface area contributed by atoms with Crippen LogP contribution in [0, 0.1) is 0 Å². The number of hydrogen-bond donors (Lipinski definition) is 0. The molecule has 6 heteroatoms. The van der Waals surface area contributed by atoms with E-state index in [9.17, 15) is 13.2 Å². The summed E-state index contributed by atoms with van der Waals surface area (Å²) in [4.78, 5) is 14.5. The number of ether oxygens (including phenoxy) is 1. The lowest BCUT2D eigenvalue weighted by Gasteiger charge is -2.31. The van der Waals surface area contributed by atoms with Gasteiger partial charge in [0, 0.05) is 6.54 Å². The van der Waals surface area contributed by atoms with E-state index >= 15 is 0 Å². The van der Waals surface area contributed by atoms with Crippen molar-refractivity contribution in [1.82, 2.24) is 4.90 Å². The van der Waals surface area contributed by atoms with Crippen LogP contribution < -0.4 is 0 Å². The number of likely N-dealkylation sites (tertiary alicyclic amines) is 1. The van der Waals surface area contributed by atoms with Crippen molar-refractivity contribution in [3.8, 4) is 0 Å². The van der Waals surface area contributed by atoms with Gasteiger partial charge in [0.1, 0.15) is 6.10 Å². The minimum atomic E-state index is -3.16. The molecule has 2 unspecified atom stereocenters. The second kappa shape index (κ2) is 9.76. The molecule has 2 aliphatic rings. The maximum Gasteiger partial charge on any atom is 0.307 e. The summed E-state index contributed by atoms with van der Waals surface area (Å²) < 4.78 is 30.7. The van der Waals surface area contributed by atoms with Gasteiger partial charge in [-0.15, -0.1) is 0 Å². The highest BCUT2D eigenvalue weighted by Crippen LogP contribution is 2.28. The van der Waals surface area contributed by atoms with Gasteiger partial charge in [0.25, 0.3) is 0 Å². The molecule has 0 aromatic carbocycles. The first kappa shape index (κ1) is 19.7. The molecule has 2 rings (SSSR count). The zero-order valence-corrected chi connectivity index (χ0v) is 15.9. The quantitative estimate of drug-likeness (QED) is 0.624. The van der Waals surface area contributed by atoms with Gasteiger partial charge in [-0.3, -0.25) is 4.79 Å². The van der Waals surface area contributed by atoms with Crippen molar-refractivity contribution in [2.24, 2.45) is 0 Å². The largest absolute Gasteiger partial charge is 0.461 e. The summed E-state index contributed by atoms with van der Waals surface area (Å²) in [6.07, 6.45) is 8.36. The van der Waals surface area contributed by atoms with Crippen LogP contribution in [0.5, 0.6) is 0 Å². The molecular formula is C18H33NO4S. The first-order valence-corrected chi connectivity index (χ1v) is 11.4. The van der Waals surface area contributed by atoms with Gasteiger partial charge in [-0.25, -0.2) is 8.42 Å². The van der Waals surface area contributed by atoms with Crippen LogP contribution in [-0.2, 0) is 19.4 Å². The van der Waals surface area contributed by atoms with Crippen molar-refractivity contribution in [2.45, 2.75) is 82.5 Å². The smallest absolute Gasteiger partial charge is 0.307 e. The van der Waals surface area contributed by atoms with Gasteiger partial charge < -0.3 is 9.64 Å². The summed E-state index contributed by atoms with van der Waals surface area (Å²) in [6.45, 7) is 4.85. The molecule has 1 saturated carbocycles. The first-order chi connectivity index (χ1) is 11.5. The minimum Gasteiger partial charge on any atom is -0.461 e. The summed E-state index contributed by atoms with van der Waals surface area (Å²) in [5.41, 5.74) is 0. The van der Waals surface area contributed by atoms with Crippen LogP contribution >= 0.6 is 0 Å². The van der Waals surface area contributed by atoms with Crippen molar-refractivity contribution in [3.05, 3.63) is 0 Å². The van der Waals surface area contributed by atoms with Crippen molar-refractivity contribution in [1.29, 1.82) is 0 Å². The fraction of sp³-hybridized carbons (Fsp3) is 0.944. The molecule has 0 aromatic rings. The Balaban J connectivity index is 1.84. The molecule has 140 valence electrons. The molecule has 24 heavy (non-hydrogen) atoms. The van der Waals surface area contributed by atoms with Crippen LogP contribution in [0.25, 0.3) is 0 Å². The Morgan fingerprint density at radius 3 is 2.50 bits per heavy atom. The number of sulfone groups is 1. The highest BCUT2D eigenvalue weighted by molar-refractivity contribution is 7.92. The molecule has 1 aliphatic heterocycles. The average Bonchev–Trinajstić information content (AvgIpc) is 2.59. The zero-order valence-electron chi connectivity index (χ0n) is 15.0. The number of unbranched alkanes of at least 4 members (excludes halogenated alkanes) is 1. The lowest BCUT2D eigenvalue weighted by molar-refractivity contribution is -0.150. The van der Waals surface area contributed by atoms with Gasteiger partial charge in [0.05, 0.1) is 17.4 Å². The molecule has 1 aliphatic carbocycles. The van der Waals surface area contributed by atoms with Crippen molar-refractivity contribution < 1.29 is 17.9 Å². The topological polar surface area (TPSA) is 63.7 Å². The molecule has 0 N–H and O–H groups in total. The Morgan fingerprint density at radius 1 is 1.08 bits per heavy atom. The fourth-order valence-electron chi connectivity index (χ4n) is 3.77. The van der Waals surface area contributed by atoms with E-state index in [1.807, 2.05) is 6.92 Å². The van der Waals surface area contributed by atoms with E-state index < -0.39 is 21.2 Å². The van der Waals surface area contributed by atoms with Crippen molar-refractivity contribution >= 4 is 15.8 Å². The van der Waals surface area contributed by atoms with Gasteiger partial charge in [-0.05, 0) is 51.6 Å². The molecule has 0 spiro atoms. The molecule has 0 bridgehead atoms. The number of nitrogens with zero attached hydrogens (tertiary/aromatic N) is 1. The third-order valence-corrected chi connectivity index (χ3v) is 7.57. The van der Waals surface area contributed by atoms with Gasteiger partial charge in [-0.2, -0.15) is 0 Å². The van der Waals surface area contributed by atoms with Gasteiger partial charge in [0.15, 0.2) is 9.84 Å². The van der Waals surface area contributed by atoms with E-state index in [0.717, 1.165) is 38.9 Å². The van der Waals surface area contributed by atoms with Crippen molar-refractivity contribution in [3.63, 3.8) is 0 Å². The molecule has 0 radical (unpaired) electrons. The van der Waals surface area contributed by atoms with Crippen LogP contribution in [0.4, 0.5) is 0 Å². The molecule has 0 aromatic heterocycles. The Labute approximate surface area is 147 Å². The standard InChI is InChI=1S/C18H33NO4S/c1-2-3-15-24(21,22)17-10-6-5-9-16(17)23-18(20)11-14-19-12-7-4-8-13-19/h16-17H,2-15H2,1H3. The molecule has 2 fully saturated rings. The minimum absolute atomic E-state index is 0.218. The van der Waals surface area contributed by atoms with E-state index in [2.05, 4.69) is 4.90 Å². The third kappa shape index (κ3) is 6.03. The maximum absolute atomic E-state index is 12.5. The highest BCUT2D eigenvalue weighted by Gasteiger charge is 2.37. The van der Waals surface area contributed by atoms with E-state index in [1.165, 1.54) is 19.3 Å². The summed E-state index contributed by atoms with van der Waals surface area (Å²) in [6, 6.07) is 0. The van der Waals surface area contributed by atoms with E-state index in [1.54, 1.807) is 0 Å². The Hall–Kier alpha value is -0.620. The van der Waals surface area contributed by atoms with Crippen LogP contribution in [0.2, 0.25) is 0 Å². The zero-order chi connectivity index (χ0) is 17.4. The summed E-state index contributed by atoms with van der Waals surface area (Å²) >= 11 is 0. The lowest BCUT2D eigenvalue weighted by atomic mass is 9.97. The van der Waals surface area contributed by atoms with Gasteiger partial charge >= 0.3 is 5.97 Å². The Morgan fingerprint density at radius 2 is 1.79 bits per heavy atom. The Kier molecular flexibility index (Phi) is 8.01. The second-order valence-corrected chi connectivity index (χ2v) is 9.56. The first-order valence-electron chi connectivity index (χ1n) is 9.66. The number of piperidine rings is 1. The third-order valence-electron chi connectivity index (χ3n) is 5.25. The number of hydrogen-bond acceptors (Lipinski definition) is 5. The molecular weight excluding hydrogens is 326 g/mol. The van der Waals surface area contributed by atoms with E-state index in [4.69, 9.17) is 4.74 Å². The number of rotatable bonds is 8. The summed E-state index contributed by atoms with van der Waals surface area (Å²) in [7, 11) is -3.16. The molecule has 0 amide bonds. The number of carbonyl (C=O) groups excluding carboxylic acids is 1. The molecule has 1 heterocycles. The van der Waals surface area contributed by atoms with Crippen LogP contribution in [0.3, 0.4) is 0 Å². The van der Waals surface area contributed by atoms with Gasteiger partial charge in [-0.1, -0.05) is 26.2 Å². The lowest BCUT2D eigenvalue weighted by Crippen LogP contribution is -2.41. The Bertz CT molecular complexity index is 485. The van der Waals surface area contributed by atoms with Crippen LogP contribution in [0.15, 0.2) is 0 Å². The van der Waals surface area contributed by atoms with E-state index in [0.29, 0.717) is 25.7 Å². The van der Waals surface area contributed by atoms with Gasteiger partial charge in [0.2, 0.25) is 0 Å². The summed E-state index contributed by atoms with van der Waals surface area (Å²) in [5, 5.41) is -0.489. The maximum atomic E-state index is 12.5. The molecule has 1 saturated heterocycles.